The number of carbonyl (C=O) groups is 1. The predicted octanol–water partition coefficient (Wildman–Crippen LogP) is 3.96. The number of hydrogen-bond acceptors (Lipinski definition) is 5. The number of fused-ring (bicyclic) bond motifs is 1. The Kier molecular flexibility index (Phi) is 6.69. The highest BCUT2D eigenvalue weighted by Crippen LogP contribution is 2.50. The maximum atomic E-state index is 12.9. The zero-order valence-corrected chi connectivity index (χ0v) is 18.0. The van der Waals surface area contributed by atoms with Crippen molar-refractivity contribution in [2.45, 2.75) is 58.7 Å². The molecule has 156 valence electrons. The number of ether oxygens (including phenoxy) is 2. The first-order valence-corrected chi connectivity index (χ1v) is 9.61. The molecule has 0 saturated heterocycles. The molecule has 1 aromatic heterocycles. The molecule has 0 bridgehead atoms. The van der Waals surface area contributed by atoms with E-state index >= 15 is 0 Å². The van der Waals surface area contributed by atoms with Crippen LogP contribution in [-0.4, -0.2) is 30.8 Å². The molecule has 3 rings (SSSR count). The van der Waals surface area contributed by atoms with Gasteiger partial charge in [0.2, 0.25) is 5.91 Å². The number of nitrogens with one attached hydrogen (secondary N) is 1. The Morgan fingerprint density at radius 3 is 2.68 bits per heavy atom. The van der Waals surface area contributed by atoms with Crippen molar-refractivity contribution in [2.75, 3.05) is 13.2 Å². The molecule has 3 atom stereocenters. The minimum Gasteiger partial charge on any atom is -0.490 e. The van der Waals surface area contributed by atoms with Crippen molar-refractivity contribution in [3.8, 4) is 5.75 Å². The van der Waals surface area contributed by atoms with Crippen molar-refractivity contribution < 1.29 is 18.7 Å². The van der Waals surface area contributed by atoms with E-state index in [9.17, 15) is 4.79 Å². The number of amides is 1. The fourth-order valence-electron chi connectivity index (χ4n) is 3.76. The molecule has 28 heavy (non-hydrogen) atoms. The van der Waals surface area contributed by atoms with Gasteiger partial charge < -0.3 is 24.9 Å². The number of carbonyl (C=O) groups excluding carboxylic acids is 1. The quantitative estimate of drug-likeness (QED) is 0.721. The first-order chi connectivity index (χ1) is 12.7. The monoisotopic (exact) mass is 410 g/mol. The highest BCUT2D eigenvalue weighted by Gasteiger charge is 2.63. The average Bonchev–Trinajstić information content (AvgIpc) is 3.07. The zero-order valence-electron chi connectivity index (χ0n) is 17.2. The van der Waals surface area contributed by atoms with Crippen LogP contribution in [0.3, 0.4) is 0 Å². The third-order valence-electron chi connectivity index (χ3n) is 5.84. The van der Waals surface area contributed by atoms with Crippen molar-refractivity contribution in [1.29, 1.82) is 0 Å². The van der Waals surface area contributed by atoms with Gasteiger partial charge in [-0.25, -0.2) is 0 Å². The van der Waals surface area contributed by atoms with Gasteiger partial charge in [0.15, 0.2) is 11.3 Å². The summed E-state index contributed by atoms with van der Waals surface area (Å²) in [6, 6.07) is 7.39. The second-order valence-corrected chi connectivity index (χ2v) is 7.79. The fourth-order valence-corrected chi connectivity index (χ4v) is 3.76. The van der Waals surface area contributed by atoms with E-state index in [4.69, 9.17) is 19.6 Å². The summed E-state index contributed by atoms with van der Waals surface area (Å²) in [5.41, 5.74) is 5.78. The highest BCUT2D eigenvalue weighted by molar-refractivity contribution is 5.89. The minimum atomic E-state index is -0.955. The van der Waals surface area contributed by atoms with Crippen molar-refractivity contribution in [3.63, 3.8) is 0 Å². The lowest BCUT2D eigenvalue weighted by Gasteiger charge is -2.57. The van der Waals surface area contributed by atoms with Crippen LogP contribution in [0.1, 0.15) is 52.8 Å². The lowest BCUT2D eigenvalue weighted by molar-refractivity contribution is -0.171. The number of halogens is 1. The zero-order chi connectivity index (χ0) is 19.8. The molecular formula is C21H31ClN2O4. The average molecular weight is 411 g/mol. The van der Waals surface area contributed by atoms with Crippen LogP contribution in [0.2, 0.25) is 0 Å². The van der Waals surface area contributed by atoms with E-state index in [-0.39, 0.29) is 30.5 Å². The molecular weight excluding hydrogens is 380 g/mol. The fraction of sp³-hybridized carbons (Fsp3) is 0.571. The minimum absolute atomic E-state index is 0. The van der Waals surface area contributed by atoms with Gasteiger partial charge in [-0.2, -0.15) is 0 Å². The Labute approximate surface area is 172 Å². The number of benzene rings is 1. The summed E-state index contributed by atoms with van der Waals surface area (Å²) in [5, 5.41) is 3.96. The molecule has 1 saturated carbocycles. The van der Waals surface area contributed by atoms with Gasteiger partial charge in [-0.1, -0.05) is 26.0 Å². The summed E-state index contributed by atoms with van der Waals surface area (Å²) in [7, 11) is 0. The maximum Gasteiger partial charge on any atom is 0.241 e. The molecule has 0 radical (unpaired) electrons. The summed E-state index contributed by atoms with van der Waals surface area (Å²) in [6.07, 6.45) is 0.509. The molecule has 6 nitrogen and oxygen atoms in total. The van der Waals surface area contributed by atoms with Gasteiger partial charge in [-0.05, 0) is 32.9 Å². The van der Waals surface area contributed by atoms with Crippen LogP contribution in [0.15, 0.2) is 28.7 Å². The molecule has 0 spiro atoms. The standard InChI is InChI=1S/C21H30N2O4.ClH/c1-6-25-15-10-8-9-14-11-16(27-18(14)15)13(3)23-19(24)21(22)12-17(26-7-2)20(21,4)5;/h8-11,13,17H,6-7,12,22H2,1-5H3,(H,23,24);1H. The number of nitrogens with two attached hydrogens (primary N) is 1. The van der Waals surface area contributed by atoms with Crippen molar-refractivity contribution in [1.82, 2.24) is 5.32 Å². The van der Waals surface area contributed by atoms with Crippen molar-refractivity contribution >= 4 is 29.3 Å². The summed E-state index contributed by atoms with van der Waals surface area (Å²) in [5.74, 6) is 1.20. The Morgan fingerprint density at radius 1 is 1.36 bits per heavy atom. The largest absolute Gasteiger partial charge is 0.490 e. The molecule has 3 N–H and O–H groups in total. The molecule has 1 fully saturated rings. The lowest BCUT2D eigenvalue weighted by atomic mass is 9.54. The van der Waals surface area contributed by atoms with Crippen LogP contribution >= 0.6 is 12.4 Å². The van der Waals surface area contributed by atoms with Gasteiger partial charge >= 0.3 is 0 Å². The van der Waals surface area contributed by atoms with Gasteiger partial charge in [-0.15, -0.1) is 12.4 Å². The van der Waals surface area contributed by atoms with Crippen LogP contribution in [0.25, 0.3) is 11.0 Å². The molecule has 7 heteroatoms. The third-order valence-corrected chi connectivity index (χ3v) is 5.84. The summed E-state index contributed by atoms with van der Waals surface area (Å²) in [6.45, 7) is 10.9. The SMILES string of the molecule is CCOc1cccc2cc(C(C)NC(=O)C3(N)CC(OCC)C3(C)C)oc12.Cl. The topological polar surface area (TPSA) is 86.7 Å². The van der Waals surface area contributed by atoms with Crippen LogP contribution in [0, 0.1) is 5.41 Å². The summed E-state index contributed by atoms with van der Waals surface area (Å²) in [4.78, 5) is 12.9. The van der Waals surface area contributed by atoms with Crippen LogP contribution < -0.4 is 15.8 Å². The first-order valence-electron chi connectivity index (χ1n) is 9.61. The summed E-state index contributed by atoms with van der Waals surface area (Å²) < 4.78 is 17.3. The molecule has 1 aliphatic rings. The molecule has 1 amide bonds. The third kappa shape index (κ3) is 3.61. The van der Waals surface area contributed by atoms with Gasteiger partial charge in [-0.3, -0.25) is 4.79 Å². The highest BCUT2D eigenvalue weighted by atomic mass is 35.5. The van der Waals surface area contributed by atoms with E-state index in [0.717, 1.165) is 5.39 Å². The Balaban J connectivity index is 0.00000280. The number of furan rings is 1. The molecule has 0 aliphatic heterocycles. The molecule has 2 aromatic rings. The van der Waals surface area contributed by atoms with E-state index in [1.54, 1.807) is 0 Å². The molecule has 1 aromatic carbocycles. The maximum absolute atomic E-state index is 12.9. The van der Waals surface area contributed by atoms with E-state index in [1.807, 2.05) is 58.9 Å². The first kappa shape index (κ1) is 22.5. The normalized spacial score (nSPS) is 24.1. The van der Waals surface area contributed by atoms with E-state index in [2.05, 4.69) is 5.32 Å². The lowest BCUT2D eigenvalue weighted by Crippen LogP contribution is -2.75. The second-order valence-electron chi connectivity index (χ2n) is 7.79. The summed E-state index contributed by atoms with van der Waals surface area (Å²) >= 11 is 0. The van der Waals surface area contributed by atoms with E-state index in [1.165, 1.54) is 0 Å². The van der Waals surface area contributed by atoms with Crippen LogP contribution in [0.4, 0.5) is 0 Å². The second kappa shape index (κ2) is 8.31. The van der Waals surface area contributed by atoms with Crippen molar-refractivity contribution in [3.05, 3.63) is 30.0 Å². The number of hydrogen-bond donors (Lipinski definition) is 2. The van der Waals surface area contributed by atoms with Gasteiger partial charge in [0.1, 0.15) is 11.3 Å². The Bertz CT molecular complexity index is 835. The predicted molar refractivity (Wildman–Crippen MR) is 112 cm³/mol. The van der Waals surface area contributed by atoms with Crippen LogP contribution in [0.5, 0.6) is 5.75 Å². The number of rotatable bonds is 7. The van der Waals surface area contributed by atoms with E-state index in [0.29, 0.717) is 36.7 Å². The molecule has 1 heterocycles. The van der Waals surface area contributed by atoms with Gasteiger partial charge in [0.25, 0.3) is 0 Å². The van der Waals surface area contributed by atoms with Crippen molar-refractivity contribution in [2.24, 2.45) is 11.1 Å². The van der Waals surface area contributed by atoms with E-state index < -0.39 is 11.0 Å². The Hall–Kier alpha value is -1.76. The number of para-hydroxylation sites is 1. The molecule has 3 unspecified atom stereocenters. The Morgan fingerprint density at radius 2 is 2.07 bits per heavy atom. The smallest absolute Gasteiger partial charge is 0.241 e. The molecule has 1 aliphatic carbocycles. The van der Waals surface area contributed by atoms with Crippen LogP contribution in [-0.2, 0) is 9.53 Å². The van der Waals surface area contributed by atoms with Gasteiger partial charge in [0.05, 0.1) is 18.8 Å². The van der Waals surface area contributed by atoms with Gasteiger partial charge in [0, 0.05) is 23.8 Å².